The van der Waals surface area contributed by atoms with E-state index in [0.29, 0.717) is 25.9 Å². The van der Waals surface area contributed by atoms with E-state index in [4.69, 9.17) is 4.74 Å². The summed E-state index contributed by atoms with van der Waals surface area (Å²) in [6.45, 7) is 4.89. The predicted octanol–water partition coefficient (Wildman–Crippen LogP) is 16.3. The molecule has 0 bridgehead atoms. The van der Waals surface area contributed by atoms with Crippen LogP contribution < -0.4 is 5.32 Å². The molecule has 6 heteroatoms. The molecule has 0 spiro atoms. The van der Waals surface area contributed by atoms with E-state index in [2.05, 4.69) is 43.5 Å². The van der Waals surface area contributed by atoms with Gasteiger partial charge < -0.3 is 20.3 Å². The number of allylic oxidation sites excluding steroid dienone is 4. The normalized spacial score (nSPS) is 12.8. The molecule has 0 aromatic rings. The van der Waals surface area contributed by atoms with Gasteiger partial charge in [-0.25, -0.2) is 0 Å². The van der Waals surface area contributed by atoms with E-state index >= 15 is 0 Å². The van der Waals surface area contributed by atoms with Gasteiger partial charge in [0.25, 0.3) is 0 Å². The second-order valence-electron chi connectivity index (χ2n) is 18.6. The Morgan fingerprint density at radius 2 is 0.820 bits per heavy atom. The fraction of sp³-hybridized carbons (Fsp3) is 0.891. The van der Waals surface area contributed by atoms with E-state index in [9.17, 15) is 19.8 Å². The second kappa shape index (κ2) is 51.0. The molecule has 0 heterocycles. The first-order valence-corrected chi connectivity index (χ1v) is 27.1. The van der Waals surface area contributed by atoms with Crippen molar-refractivity contribution in [2.45, 2.75) is 302 Å². The summed E-state index contributed by atoms with van der Waals surface area (Å²) in [6.07, 6.45) is 60.0. The minimum atomic E-state index is -0.676. The van der Waals surface area contributed by atoms with Gasteiger partial charge in [0.15, 0.2) is 0 Å². The van der Waals surface area contributed by atoms with Gasteiger partial charge in [-0.2, -0.15) is 0 Å². The van der Waals surface area contributed by atoms with Gasteiger partial charge in [-0.1, -0.05) is 244 Å². The largest absolute Gasteiger partial charge is 0.466 e. The van der Waals surface area contributed by atoms with Crippen LogP contribution in [-0.2, 0) is 14.3 Å². The van der Waals surface area contributed by atoms with Crippen LogP contribution in [-0.4, -0.2) is 47.4 Å². The van der Waals surface area contributed by atoms with Gasteiger partial charge in [-0.15, -0.1) is 0 Å². The summed E-state index contributed by atoms with van der Waals surface area (Å²) in [7, 11) is 0. The fourth-order valence-corrected chi connectivity index (χ4v) is 8.32. The van der Waals surface area contributed by atoms with Gasteiger partial charge in [0.1, 0.15) is 0 Å². The topological polar surface area (TPSA) is 95.9 Å². The monoisotopic (exact) mass is 860 g/mol. The Balaban J connectivity index is 3.45. The molecular weight excluding hydrogens is 755 g/mol. The summed E-state index contributed by atoms with van der Waals surface area (Å²) < 4.78 is 5.47. The Kier molecular flexibility index (Phi) is 49.6. The molecule has 1 amide bonds. The molecule has 0 aromatic carbocycles. The molecule has 0 aliphatic heterocycles. The van der Waals surface area contributed by atoms with Gasteiger partial charge >= 0.3 is 5.97 Å². The van der Waals surface area contributed by atoms with Gasteiger partial charge in [0, 0.05) is 12.8 Å². The lowest BCUT2D eigenvalue weighted by molar-refractivity contribution is -0.143. The first kappa shape index (κ1) is 59.3. The summed E-state index contributed by atoms with van der Waals surface area (Å²) in [5.41, 5.74) is 0. The maximum Gasteiger partial charge on any atom is 0.305 e. The number of aliphatic hydroxyl groups excluding tert-OH is 2. The van der Waals surface area contributed by atoms with Crippen LogP contribution in [0.3, 0.4) is 0 Å². The number of unbranched alkanes of at least 4 members (excludes halogenated alkanes) is 35. The number of esters is 1. The molecule has 2 unspecified atom stereocenters. The molecular formula is C55H105NO5. The van der Waals surface area contributed by atoms with Crippen molar-refractivity contribution in [3.8, 4) is 0 Å². The number of amides is 1. The smallest absolute Gasteiger partial charge is 0.305 e. The summed E-state index contributed by atoms with van der Waals surface area (Å²) >= 11 is 0. The molecule has 0 saturated heterocycles. The van der Waals surface area contributed by atoms with E-state index in [1.165, 1.54) is 193 Å². The average Bonchev–Trinajstić information content (AvgIpc) is 3.26. The number of carbonyl (C=O) groups is 2. The number of rotatable bonds is 50. The van der Waals surface area contributed by atoms with E-state index in [0.717, 1.165) is 64.2 Å². The lowest BCUT2D eigenvalue weighted by atomic mass is 10.0. The van der Waals surface area contributed by atoms with E-state index < -0.39 is 12.1 Å². The number of hydrogen-bond donors (Lipinski definition) is 3. The highest BCUT2D eigenvalue weighted by atomic mass is 16.5. The maximum atomic E-state index is 12.4. The van der Waals surface area contributed by atoms with Crippen LogP contribution in [0.15, 0.2) is 24.3 Å². The van der Waals surface area contributed by atoms with Crippen molar-refractivity contribution in [3.63, 3.8) is 0 Å². The number of aliphatic hydroxyl groups is 2. The molecule has 0 rings (SSSR count). The zero-order valence-corrected chi connectivity index (χ0v) is 40.9. The Labute approximate surface area is 380 Å². The third-order valence-corrected chi connectivity index (χ3v) is 12.5. The van der Waals surface area contributed by atoms with Crippen molar-refractivity contribution >= 4 is 11.9 Å². The van der Waals surface area contributed by atoms with Crippen LogP contribution in [0.4, 0.5) is 0 Å². The highest BCUT2D eigenvalue weighted by molar-refractivity contribution is 5.76. The molecule has 61 heavy (non-hydrogen) atoms. The van der Waals surface area contributed by atoms with E-state index in [-0.39, 0.29) is 18.5 Å². The number of carbonyl (C=O) groups excluding carboxylic acids is 2. The van der Waals surface area contributed by atoms with Gasteiger partial charge in [0.2, 0.25) is 5.91 Å². The van der Waals surface area contributed by atoms with Crippen molar-refractivity contribution < 1.29 is 24.5 Å². The SMILES string of the molecule is CCCCC/C=C\C/C=C\CCCCCCCCCCCC(=O)OCCCCCCCCCCCCCC(=O)NC(CO)C(O)CCCCCCCCCCCCCCCC. The van der Waals surface area contributed by atoms with Crippen molar-refractivity contribution in [3.05, 3.63) is 24.3 Å². The molecule has 6 nitrogen and oxygen atoms in total. The third-order valence-electron chi connectivity index (χ3n) is 12.5. The molecule has 0 saturated carbocycles. The molecule has 3 N–H and O–H groups in total. The Morgan fingerprint density at radius 1 is 0.459 bits per heavy atom. The van der Waals surface area contributed by atoms with Crippen molar-refractivity contribution in [1.82, 2.24) is 5.32 Å². The Bertz CT molecular complexity index is 951. The fourth-order valence-electron chi connectivity index (χ4n) is 8.32. The number of nitrogens with one attached hydrogen (secondary N) is 1. The minimum absolute atomic E-state index is 0.0172. The van der Waals surface area contributed by atoms with Gasteiger partial charge in [-0.05, 0) is 57.8 Å². The van der Waals surface area contributed by atoms with Crippen molar-refractivity contribution in [1.29, 1.82) is 0 Å². The van der Waals surface area contributed by atoms with Gasteiger partial charge in [0.05, 0.1) is 25.4 Å². The zero-order chi connectivity index (χ0) is 44.4. The average molecular weight is 860 g/mol. The summed E-state index contributed by atoms with van der Waals surface area (Å²) in [6, 6.07) is -0.555. The molecule has 0 aliphatic carbocycles. The van der Waals surface area contributed by atoms with E-state index in [1.807, 2.05) is 0 Å². The molecule has 0 aromatic heterocycles. The number of ether oxygens (including phenoxy) is 1. The van der Waals surface area contributed by atoms with Crippen LogP contribution >= 0.6 is 0 Å². The highest BCUT2D eigenvalue weighted by Crippen LogP contribution is 2.17. The summed E-state index contributed by atoms with van der Waals surface area (Å²) in [4.78, 5) is 24.5. The summed E-state index contributed by atoms with van der Waals surface area (Å²) in [5.74, 6) is -0.0706. The van der Waals surface area contributed by atoms with Crippen LogP contribution in [0.25, 0.3) is 0 Å². The van der Waals surface area contributed by atoms with Crippen molar-refractivity contribution in [2.75, 3.05) is 13.2 Å². The van der Waals surface area contributed by atoms with Crippen LogP contribution in [0.2, 0.25) is 0 Å². The number of hydrogen-bond acceptors (Lipinski definition) is 5. The van der Waals surface area contributed by atoms with Crippen LogP contribution in [0, 0.1) is 0 Å². The molecule has 0 fully saturated rings. The third kappa shape index (κ3) is 47.7. The Morgan fingerprint density at radius 3 is 1.28 bits per heavy atom. The quantitative estimate of drug-likeness (QED) is 0.0322. The molecule has 0 radical (unpaired) electrons. The van der Waals surface area contributed by atoms with Crippen LogP contribution in [0.1, 0.15) is 290 Å². The lowest BCUT2D eigenvalue weighted by Gasteiger charge is -2.22. The molecule has 2 atom stereocenters. The molecule has 0 aliphatic rings. The Hall–Kier alpha value is -1.66. The van der Waals surface area contributed by atoms with Crippen molar-refractivity contribution in [2.24, 2.45) is 0 Å². The van der Waals surface area contributed by atoms with E-state index in [1.54, 1.807) is 0 Å². The molecule has 360 valence electrons. The first-order valence-electron chi connectivity index (χ1n) is 27.1. The predicted molar refractivity (Wildman–Crippen MR) is 264 cm³/mol. The maximum absolute atomic E-state index is 12.4. The lowest BCUT2D eigenvalue weighted by Crippen LogP contribution is -2.45. The zero-order valence-electron chi connectivity index (χ0n) is 40.9. The summed E-state index contributed by atoms with van der Waals surface area (Å²) in [5, 5.41) is 23.2. The second-order valence-corrected chi connectivity index (χ2v) is 18.6. The standard InChI is InChI=1S/C55H105NO5/c1-3-5-7-9-11-13-15-17-19-20-21-22-23-25-29-33-37-41-45-49-55(60)61-50-46-42-38-34-30-26-28-32-36-40-44-48-54(59)56-52(51-57)53(58)47-43-39-35-31-27-24-18-16-14-12-10-8-6-4-2/h11,13,17,19,52-53,57-58H,3-10,12,14-16,18,20-51H2,1-2H3,(H,56,59)/b13-11-,19-17-. The van der Waals surface area contributed by atoms with Gasteiger partial charge in [-0.3, -0.25) is 9.59 Å². The minimum Gasteiger partial charge on any atom is -0.466 e. The highest BCUT2D eigenvalue weighted by Gasteiger charge is 2.20. The first-order chi connectivity index (χ1) is 30.0. The van der Waals surface area contributed by atoms with Crippen LogP contribution in [0.5, 0.6) is 0 Å².